The minimum absolute atomic E-state index is 0.227. The Kier molecular flexibility index (Phi) is 5.38. The van der Waals surface area contributed by atoms with Crippen LogP contribution in [0.15, 0.2) is 48.7 Å². The van der Waals surface area contributed by atoms with Gasteiger partial charge in [-0.1, -0.05) is 0 Å². The number of hydrogen-bond donors (Lipinski definition) is 1. The van der Waals surface area contributed by atoms with Crippen LogP contribution in [0.4, 0.5) is 5.69 Å². The van der Waals surface area contributed by atoms with Crippen LogP contribution in [-0.2, 0) is 14.8 Å². The first-order valence-corrected chi connectivity index (χ1v) is 9.08. The summed E-state index contributed by atoms with van der Waals surface area (Å²) in [7, 11) is -3.41. The van der Waals surface area contributed by atoms with Gasteiger partial charge >= 0.3 is 11.7 Å². The molecule has 132 valence electrons. The van der Waals surface area contributed by atoms with E-state index in [0.717, 1.165) is 12.5 Å². The molecule has 2 aromatic rings. The van der Waals surface area contributed by atoms with E-state index < -0.39 is 27.9 Å². The molecule has 0 saturated heterocycles. The van der Waals surface area contributed by atoms with Crippen LogP contribution < -0.4 is 9.45 Å². The molecule has 2 rings (SSSR count). The molecule has 0 spiro atoms. The molecule has 0 amide bonds. The van der Waals surface area contributed by atoms with Crippen molar-refractivity contribution in [3.8, 4) is 0 Å². The van der Waals surface area contributed by atoms with Crippen molar-refractivity contribution >= 4 is 27.5 Å². The molecule has 1 atom stereocenters. The molecule has 0 unspecified atom stereocenters. The topological polar surface area (TPSA) is 116 Å². The number of ketones is 1. The van der Waals surface area contributed by atoms with Crippen LogP contribution >= 0.6 is 0 Å². The number of esters is 1. The van der Waals surface area contributed by atoms with Gasteiger partial charge in [0.05, 0.1) is 6.26 Å². The molecular weight excluding hydrogens is 348 g/mol. The summed E-state index contributed by atoms with van der Waals surface area (Å²) < 4.78 is 29.9. The van der Waals surface area contributed by atoms with Gasteiger partial charge in [-0.15, -0.1) is 0 Å². The highest BCUT2D eigenvalue weighted by molar-refractivity contribution is 7.92. The van der Waals surface area contributed by atoms with Crippen LogP contribution in [0.5, 0.6) is 0 Å². The molecular formula is C16H16N2O6S. The van der Waals surface area contributed by atoms with Crippen LogP contribution in [0, 0.1) is 5.21 Å². The van der Waals surface area contributed by atoms with Crippen LogP contribution in [0.25, 0.3) is 0 Å². The lowest BCUT2D eigenvalue weighted by molar-refractivity contribution is -0.608. The van der Waals surface area contributed by atoms with Gasteiger partial charge in [-0.25, -0.2) is 13.2 Å². The van der Waals surface area contributed by atoms with E-state index in [-0.39, 0.29) is 11.3 Å². The largest absolute Gasteiger partial charge is 0.618 e. The summed E-state index contributed by atoms with van der Waals surface area (Å²) in [6, 6.07) is 9.93. The quantitative estimate of drug-likeness (QED) is 0.355. The molecule has 0 saturated carbocycles. The Morgan fingerprint density at radius 3 is 2.36 bits per heavy atom. The van der Waals surface area contributed by atoms with Gasteiger partial charge in [0, 0.05) is 23.4 Å². The highest BCUT2D eigenvalue weighted by atomic mass is 32.2. The van der Waals surface area contributed by atoms with Crippen LogP contribution in [-0.4, -0.2) is 32.5 Å². The van der Waals surface area contributed by atoms with Crippen molar-refractivity contribution in [1.82, 2.24) is 0 Å². The zero-order valence-electron chi connectivity index (χ0n) is 13.5. The first-order chi connectivity index (χ1) is 11.7. The Labute approximate surface area is 144 Å². The maximum atomic E-state index is 12.3. The van der Waals surface area contributed by atoms with E-state index in [2.05, 4.69) is 4.72 Å². The molecule has 8 nitrogen and oxygen atoms in total. The van der Waals surface area contributed by atoms with Crippen molar-refractivity contribution in [3.63, 3.8) is 0 Å². The molecule has 1 heterocycles. The third-order valence-corrected chi connectivity index (χ3v) is 3.77. The van der Waals surface area contributed by atoms with E-state index in [4.69, 9.17) is 4.74 Å². The second kappa shape index (κ2) is 7.31. The number of pyridine rings is 1. The lowest BCUT2D eigenvalue weighted by Crippen LogP contribution is -2.36. The molecule has 9 heteroatoms. The predicted molar refractivity (Wildman–Crippen MR) is 89.5 cm³/mol. The van der Waals surface area contributed by atoms with Gasteiger partial charge < -0.3 is 9.94 Å². The average molecular weight is 364 g/mol. The number of carbonyl (C=O) groups is 2. The maximum Gasteiger partial charge on any atom is 0.405 e. The Bertz CT molecular complexity index is 893. The van der Waals surface area contributed by atoms with E-state index >= 15 is 0 Å². The highest BCUT2D eigenvalue weighted by Crippen LogP contribution is 2.14. The number of hydrogen-bond acceptors (Lipinski definition) is 6. The minimum atomic E-state index is -3.41. The number of ether oxygens (including phenoxy) is 1. The summed E-state index contributed by atoms with van der Waals surface area (Å²) >= 11 is 0. The number of carbonyl (C=O) groups excluding carboxylic acids is 2. The molecule has 0 bridgehead atoms. The van der Waals surface area contributed by atoms with Gasteiger partial charge in [-0.3, -0.25) is 9.52 Å². The predicted octanol–water partition coefficient (Wildman–Crippen LogP) is 1.12. The fourth-order valence-electron chi connectivity index (χ4n) is 2.01. The highest BCUT2D eigenvalue weighted by Gasteiger charge is 2.24. The van der Waals surface area contributed by atoms with Gasteiger partial charge in [-0.2, -0.15) is 4.73 Å². The van der Waals surface area contributed by atoms with Gasteiger partial charge in [0.25, 0.3) is 0 Å². The second-order valence-corrected chi connectivity index (χ2v) is 7.02. The zero-order valence-corrected chi connectivity index (χ0v) is 14.3. The number of nitrogens with one attached hydrogen (secondary N) is 1. The molecule has 0 fully saturated rings. The summed E-state index contributed by atoms with van der Waals surface area (Å²) in [6.07, 6.45) is 1.05. The molecule has 0 aliphatic rings. The first-order valence-electron chi connectivity index (χ1n) is 7.18. The Morgan fingerprint density at radius 2 is 1.80 bits per heavy atom. The average Bonchev–Trinajstić information content (AvgIpc) is 2.53. The van der Waals surface area contributed by atoms with Crippen molar-refractivity contribution in [2.24, 2.45) is 0 Å². The SMILES string of the molecule is C[C@H](OC(=O)c1cccc[n+]1[O-])C(=O)c1ccc(NS(C)(=O)=O)cc1. The molecule has 25 heavy (non-hydrogen) atoms. The lowest BCUT2D eigenvalue weighted by atomic mass is 10.1. The maximum absolute atomic E-state index is 12.3. The standard InChI is InChI=1S/C16H16N2O6S/c1-11(24-16(20)14-5-3-4-10-18(14)21)15(19)12-6-8-13(9-7-12)17-25(2,22)23/h3-11,17H,1-2H3/t11-/m0/s1. The number of rotatable bonds is 6. The van der Waals surface area contributed by atoms with E-state index in [0.29, 0.717) is 10.4 Å². The molecule has 1 N–H and O–H groups in total. The summed E-state index contributed by atoms with van der Waals surface area (Å²) in [5, 5.41) is 11.5. The van der Waals surface area contributed by atoms with Gasteiger partial charge in [-0.05, 0) is 37.3 Å². The van der Waals surface area contributed by atoms with Crippen molar-refractivity contribution in [2.75, 3.05) is 11.0 Å². The molecule has 1 aromatic carbocycles. The summed E-state index contributed by atoms with van der Waals surface area (Å²) in [4.78, 5) is 24.2. The number of sulfonamides is 1. The van der Waals surface area contributed by atoms with Gasteiger partial charge in [0.15, 0.2) is 12.3 Å². The molecule has 0 aliphatic carbocycles. The van der Waals surface area contributed by atoms with Crippen molar-refractivity contribution < 1.29 is 27.5 Å². The summed E-state index contributed by atoms with van der Waals surface area (Å²) in [5.41, 5.74) is 0.317. The first kappa shape index (κ1) is 18.4. The van der Waals surface area contributed by atoms with E-state index in [9.17, 15) is 23.2 Å². The Hall–Kier alpha value is -2.94. The van der Waals surface area contributed by atoms with Gasteiger partial charge in [0.2, 0.25) is 15.8 Å². The fraction of sp³-hybridized carbons (Fsp3) is 0.188. The monoisotopic (exact) mass is 364 g/mol. The third kappa shape index (κ3) is 5.01. The van der Waals surface area contributed by atoms with Gasteiger partial charge in [0.1, 0.15) is 0 Å². The normalized spacial score (nSPS) is 12.2. The van der Waals surface area contributed by atoms with Crippen LogP contribution in [0.3, 0.4) is 0 Å². The fourth-order valence-corrected chi connectivity index (χ4v) is 2.58. The molecule has 0 aliphatic heterocycles. The smallest absolute Gasteiger partial charge is 0.405 e. The number of aromatic nitrogens is 1. The number of Topliss-reactive ketones (excluding diaryl/α,β-unsaturated/α-hetero) is 1. The molecule has 1 aromatic heterocycles. The van der Waals surface area contributed by atoms with E-state index in [1.807, 2.05) is 0 Å². The summed E-state index contributed by atoms with van der Waals surface area (Å²) in [6.45, 7) is 1.39. The lowest BCUT2D eigenvalue weighted by Gasteiger charge is -2.12. The van der Waals surface area contributed by atoms with Crippen LogP contribution in [0.2, 0.25) is 0 Å². The van der Waals surface area contributed by atoms with Crippen molar-refractivity contribution in [2.45, 2.75) is 13.0 Å². The number of benzene rings is 1. The van der Waals surface area contributed by atoms with E-state index in [1.54, 1.807) is 0 Å². The summed E-state index contributed by atoms with van der Waals surface area (Å²) in [5.74, 6) is -1.39. The van der Waals surface area contributed by atoms with Crippen molar-refractivity contribution in [1.29, 1.82) is 0 Å². The zero-order chi connectivity index (χ0) is 18.6. The number of anilines is 1. The third-order valence-electron chi connectivity index (χ3n) is 3.16. The Balaban J connectivity index is 2.07. The van der Waals surface area contributed by atoms with Crippen molar-refractivity contribution in [3.05, 3.63) is 65.1 Å². The Morgan fingerprint density at radius 1 is 1.16 bits per heavy atom. The number of nitrogens with zero attached hydrogens (tertiary/aromatic N) is 1. The minimum Gasteiger partial charge on any atom is -0.618 e. The second-order valence-electron chi connectivity index (χ2n) is 5.28. The molecule has 0 radical (unpaired) electrons. The van der Waals surface area contributed by atoms with Crippen LogP contribution in [0.1, 0.15) is 27.8 Å². The van der Waals surface area contributed by atoms with E-state index in [1.165, 1.54) is 49.4 Å².